The molecule has 27 heavy (non-hydrogen) atoms. The molecular weight excluding hydrogens is 395 g/mol. The van der Waals surface area contributed by atoms with Gasteiger partial charge in [-0.15, -0.1) is 0 Å². The fraction of sp³-hybridized carbons (Fsp3) is 0.0588. The van der Waals surface area contributed by atoms with Crippen molar-refractivity contribution in [3.63, 3.8) is 0 Å². The van der Waals surface area contributed by atoms with Crippen molar-refractivity contribution in [2.45, 2.75) is 4.90 Å². The van der Waals surface area contributed by atoms with Crippen molar-refractivity contribution in [3.05, 3.63) is 71.6 Å². The van der Waals surface area contributed by atoms with E-state index in [1.165, 1.54) is 24.3 Å². The Balaban J connectivity index is 1.69. The lowest BCUT2D eigenvalue weighted by molar-refractivity contribution is 0.256. The molecule has 1 aliphatic heterocycles. The van der Waals surface area contributed by atoms with Crippen molar-refractivity contribution in [2.24, 2.45) is 4.99 Å². The number of carbonyl (C=O) groups is 1. The van der Waals surface area contributed by atoms with Crippen LogP contribution >= 0.6 is 11.6 Å². The summed E-state index contributed by atoms with van der Waals surface area (Å²) in [6.07, 6.45) is 0.773. The maximum absolute atomic E-state index is 14.3. The number of para-hydroxylation sites is 1. The molecule has 1 heterocycles. The highest BCUT2D eigenvalue weighted by atomic mass is 35.5. The summed E-state index contributed by atoms with van der Waals surface area (Å²) in [6.45, 7) is -0.376. The Morgan fingerprint density at radius 3 is 2.37 bits per heavy atom. The van der Waals surface area contributed by atoms with Crippen molar-refractivity contribution < 1.29 is 17.6 Å². The van der Waals surface area contributed by atoms with E-state index in [2.05, 4.69) is 15.6 Å². The summed E-state index contributed by atoms with van der Waals surface area (Å²) in [5.74, 6) is -1.34. The number of nitrogens with zero attached hydrogens (tertiary/aromatic N) is 2. The molecule has 0 saturated carbocycles. The lowest BCUT2D eigenvalue weighted by Gasteiger charge is -2.23. The molecule has 0 radical (unpaired) electrons. The fourth-order valence-electron chi connectivity index (χ4n) is 2.22. The average molecular weight is 409 g/mol. The van der Waals surface area contributed by atoms with Crippen LogP contribution in [0.1, 0.15) is 0 Å². The van der Waals surface area contributed by atoms with E-state index in [0.717, 1.165) is 10.5 Å². The predicted octanol–water partition coefficient (Wildman–Crippen LogP) is 3.33. The van der Waals surface area contributed by atoms with E-state index in [1.54, 1.807) is 30.3 Å². The van der Waals surface area contributed by atoms with Gasteiger partial charge < -0.3 is 5.32 Å². The van der Waals surface area contributed by atoms with Crippen LogP contribution in [0.5, 0.6) is 0 Å². The molecule has 3 rings (SSSR count). The van der Waals surface area contributed by atoms with Crippen LogP contribution < -0.4 is 10.6 Å². The highest BCUT2D eigenvalue weighted by Gasteiger charge is 2.27. The summed E-state index contributed by atoms with van der Waals surface area (Å²) in [7, 11) is -3.99. The van der Waals surface area contributed by atoms with Gasteiger partial charge in [0.25, 0.3) is 10.0 Å². The van der Waals surface area contributed by atoms with Crippen LogP contribution in [0.15, 0.2) is 76.5 Å². The maximum atomic E-state index is 14.3. The van der Waals surface area contributed by atoms with Crippen molar-refractivity contribution in [1.82, 2.24) is 9.62 Å². The molecule has 1 aliphatic rings. The minimum atomic E-state index is -3.99. The Kier molecular flexibility index (Phi) is 5.43. The Morgan fingerprint density at radius 1 is 1.07 bits per heavy atom. The summed E-state index contributed by atoms with van der Waals surface area (Å²) in [6, 6.07) is 13.3. The zero-order chi connectivity index (χ0) is 19.4. The van der Waals surface area contributed by atoms with Gasteiger partial charge in [-0.1, -0.05) is 29.8 Å². The molecule has 0 aromatic heterocycles. The number of urea groups is 1. The van der Waals surface area contributed by atoms with Gasteiger partial charge in [-0.3, -0.25) is 5.32 Å². The standard InChI is InChI=1S/C17H14ClFN4O3S/c18-12-6-8-14(9-7-12)27(25,26)23-10-15(19)16(20-11-23)22-17(24)21-13-4-2-1-3-5-13/h1-10H,11H2,(H2,20,21,22,24). The van der Waals surface area contributed by atoms with Crippen molar-refractivity contribution >= 4 is 39.2 Å². The van der Waals surface area contributed by atoms with Crippen LogP contribution in [0.4, 0.5) is 14.9 Å². The molecule has 0 fully saturated rings. The molecule has 0 bridgehead atoms. The number of anilines is 1. The zero-order valence-electron chi connectivity index (χ0n) is 13.8. The number of amides is 2. The summed E-state index contributed by atoms with van der Waals surface area (Å²) in [5.41, 5.74) is 0.516. The van der Waals surface area contributed by atoms with E-state index in [9.17, 15) is 17.6 Å². The van der Waals surface area contributed by atoms with Gasteiger partial charge >= 0.3 is 6.03 Å². The van der Waals surface area contributed by atoms with E-state index >= 15 is 0 Å². The maximum Gasteiger partial charge on any atom is 0.324 e. The first kappa shape index (κ1) is 18.9. The molecular formula is C17H14ClFN4O3S. The van der Waals surface area contributed by atoms with E-state index < -0.39 is 21.9 Å². The predicted molar refractivity (Wildman–Crippen MR) is 101 cm³/mol. The molecule has 0 unspecified atom stereocenters. The number of amidine groups is 1. The molecule has 140 valence electrons. The number of hydrogen-bond donors (Lipinski definition) is 2. The normalized spacial score (nSPS) is 14.2. The van der Waals surface area contributed by atoms with Crippen molar-refractivity contribution in [3.8, 4) is 0 Å². The Hall–Kier alpha value is -2.91. The van der Waals surface area contributed by atoms with Crippen LogP contribution in [0.2, 0.25) is 5.02 Å². The molecule has 0 saturated heterocycles. The highest BCUT2D eigenvalue weighted by Crippen LogP contribution is 2.21. The Bertz CT molecular complexity index is 1010. The second-order valence-corrected chi connectivity index (χ2v) is 7.74. The van der Waals surface area contributed by atoms with Crippen LogP contribution in [0, 0.1) is 0 Å². The number of carbonyl (C=O) groups excluding carboxylic acids is 1. The molecule has 0 atom stereocenters. The van der Waals surface area contributed by atoms with E-state index in [1.807, 2.05) is 0 Å². The molecule has 2 N–H and O–H groups in total. The second kappa shape index (κ2) is 7.77. The number of nitrogens with one attached hydrogen (secondary N) is 2. The van der Waals surface area contributed by atoms with E-state index in [-0.39, 0.29) is 17.4 Å². The van der Waals surface area contributed by atoms with Gasteiger partial charge in [-0.05, 0) is 36.4 Å². The molecule has 2 amide bonds. The van der Waals surface area contributed by atoms with Crippen molar-refractivity contribution in [2.75, 3.05) is 12.0 Å². The van der Waals surface area contributed by atoms with Crippen LogP contribution in [-0.4, -0.2) is 31.3 Å². The zero-order valence-corrected chi connectivity index (χ0v) is 15.3. The smallest absolute Gasteiger partial charge is 0.308 e. The number of benzene rings is 2. The van der Waals surface area contributed by atoms with Crippen LogP contribution in [0.25, 0.3) is 0 Å². The SMILES string of the molecule is O=C(NC1=NCN(S(=O)(=O)c2ccc(Cl)cc2)C=C1F)Nc1ccccc1. The number of hydrogen-bond acceptors (Lipinski definition) is 4. The van der Waals surface area contributed by atoms with Gasteiger partial charge in [-0.2, -0.15) is 0 Å². The third-order valence-electron chi connectivity index (χ3n) is 3.54. The molecule has 7 nitrogen and oxygen atoms in total. The summed E-state index contributed by atoms with van der Waals surface area (Å²) < 4.78 is 40.0. The first-order chi connectivity index (χ1) is 12.9. The van der Waals surface area contributed by atoms with Gasteiger partial charge in [0.1, 0.15) is 6.67 Å². The Morgan fingerprint density at radius 2 is 1.74 bits per heavy atom. The van der Waals surface area contributed by atoms with Gasteiger partial charge in [0.05, 0.1) is 11.1 Å². The average Bonchev–Trinajstić information content (AvgIpc) is 2.64. The first-order valence-corrected chi connectivity index (χ1v) is 9.51. The fourth-order valence-corrected chi connectivity index (χ4v) is 3.54. The summed E-state index contributed by atoms with van der Waals surface area (Å²) in [4.78, 5) is 15.7. The van der Waals surface area contributed by atoms with Gasteiger partial charge in [0, 0.05) is 10.7 Å². The molecule has 0 aliphatic carbocycles. The quantitative estimate of drug-likeness (QED) is 0.816. The van der Waals surface area contributed by atoms with E-state index in [0.29, 0.717) is 10.7 Å². The van der Waals surface area contributed by atoms with Gasteiger partial charge in [0.2, 0.25) is 0 Å². The third-order valence-corrected chi connectivity index (χ3v) is 5.49. The number of halogens is 2. The van der Waals surface area contributed by atoms with Crippen LogP contribution in [-0.2, 0) is 10.0 Å². The van der Waals surface area contributed by atoms with E-state index in [4.69, 9.17) is 11.6 Å². The topological polar surface area (TPSA) is 90.9 Å². The number of rotatable bonds is 3. The third kappa shape index (κ3) is 4.44. The molecule has 10 heteroatoms. The minimum Gasteiger partial charge on any atom is -0.308 e. The molecule has 0 spiro atoms. The summed E-state index contributed by atoms with van der Waals surface area (Å²) in [5, 5.41) is 5.15. The molecule has 2 aromatic carbocycles. The molecule has 2 aromatic rings. The highest BCUT2D eigenvalue weighted by molar-refractivity contribution is 7.89. The monoisotopic (exact) mass is 408 g/mol. The minimum absolute atomic E-state index is 0.0515. The van der Waals surface area contributed by atoms with Crippen LogP contribution in [0.3, 0.4) is 0 Å². The van der Waals surface area contributed by atoms with Gasteiger partial charge in [0.15, 0.2) is 11.7 Å². The second-order valence-electron chi connectivity index (χ2n) is 5.42. The van der Waals surface area contributed by atoms with Gasteiger partial charge in [-0.25, -0.2) is 26.9 Å². The Labute approximate surface area is 160 Å². The lowest BCUT2D eigenvalue weighted by Crippen LogP contribution is -2.39. The number of aliphatic imine (C=N–C) groups is 1. The van der Waals surface area contributed by atoms with Crippen molar-refractivity contribution in [1.29, 1.82) is 0 Å². The number of sulfonamides is 1. The summed E-state index contributed by atoms with van der Waals surface area (Å²) >= 11 is 5.75. The first-order valence-electron chi connectivity index (χ1n) is 7.69. The lowest BCUT2D eigenvalue weighted by atomic mass is 10.3. The largest absolute Gasteiger partial charge is 0.324 e.